The van der Waals surface area contributed by atoms with Crippen LogP contribution in [0.5, 0.6) is 0 Å². The maximum absolute atomic E-state index is 12.0. The lowest BCUT2D eigenvalue weighted by atomic mass is 10.1. The minimum absolute atomic E-state index is 0.0797. The Morgan fingerprint density at radius 2 is 1.81 bits per heavy atom. The fraction of sp³-hybridized carbons (Fsp3) is 0.500. The Morgan fingerprint density at radius 1 is 1.14 bits per heavy atom. The van der Waals surface area contributed by atoms with E-state index in [1.165, 1.54) is 6.07 Å². The normalized spacial score (nSPS) is 11.4. The molecular formula is C14H19ClO5S. The van der Waals surface area contributed by atoms with E-state index in [1.54, 1.807) is 19.9 Å². The van der Waals surface area contributed by atoms with Crippen molar-refractivity contribution in [3.05, 3.63) is 28.8 Å². The van der Waals surface area contributed by atoms with Crippen molar-refractivity contribution < 1.29 is 22.7 Å². The van der Waals surface area contributed by atoms with Gasteiger partial charge < -0.3 is 9.47 Å². The maximum atomic E-state index is 12.0. The topological polar surface area (TPSA) is 69.7 Å². The summed E-state index contributed by atoms with van der Waals surface area (Å²) in [6.07, 6.45) is 0.891. The van der Waals surface area contributed by atoms with Crippen LogP contribution in [0.2, 0.25) is 0 Å². The van der Waals surface area contributed by atoms with Crippen molar-refractivity contribution in [2.75, 3.05) is 19.8 Å². The predicted molar refractivity (Wildman–Crippen MR) is 80.3 cm³/mol. The zero-order chi connectivity index (χ0) is 16.0. The Labute approximate surface area is 129 Å². The second-order valence-electron chi connectivity index (χ2n) is 4.62. The van der Waals surface area contributed by atoms with Crippen molar-refractivity contribution in [3.8, 4) is 0 Å². The first-order chi connectivity index (χ1) is 9.77. The number of carbonyl (C=O) groups excluding carboxylic acids is 1. The molecule has 0 bridgehead atoms. The van der Waals surface area contributed by atoms with Gasteiger partial charge in [-0.05, 0) is 37.5 Å². The fourth-order valence-corrected chi connectivity index (χ4v) is 3.03. The summed E-state index contributed by atoms with van der Waals surface area (Å²) in [5.41, 5.74) is 1.32. The minimum atomic E-state index is -3.90. The number of esters is 1. The average molecular weight is 335 g/mol. The highest BCUT2D eigenvalue weighted by Crippen LogP contribution is 2.24. The second kappa shape index (κ2) is 7.77. The Kier molecular flexibility index (Phi) is 6.64. The first-order valence-electron chi connectivity index (χ1n) is 6.58. The molecule has 5 nitrogen and oxygen atoms in total. The van der Waals surface area contributed by atoms with E-state index in [2.05, 4.69) is 0 Å². The van der Waals surface area contributed by atoms with Gasteiger partial charge in [0.15, 0.2) is 0 Å². The largest absolute Gasteiger partial charge is 0.460 e. The third-order valence-corrected chi connectivity index (χ3v) is 4.28. The monoisotopic (exact) mass is 334 g/mol. The van der Waals surface area contributed by atoms with Gasteiger partial charge in [0.05, 0.1) is 17.1 Å². The van der Waals surface area contributed by atoms with Crippen LogP contribution in [0.4, 0.5) is 0 Å². The summed E-state index contributed by atoms with van der Waals surface area (Å²) < 4.78 is 33.2. The van der Waals surface area contributed by atoms with Crippen LogP contribution >= 0.6 is 10.7 Å². The van der Waals surface area contributed by atoms with E-state index in [-0.39, 0.29) is 17.1 Å². The van der Waals surface area contributed by atoms with E-state index in [0.717, 1.165) is 6.42 Å². The van der Waals surface area contributed by atoms with Gasteiger partial charge in [-0.25, -0.2) is 13.2 Å². The third kappa shape index (κ3) is 5.30. The number of carbonyl (C=O) groups is 1. The number of hydrogen-bond donors (Lipinski definition) is 0. The molecule has 21 heavy (non-hydrogen) atoms. The quantitative estimate of drug-likeness (QED) is 0.435. The SMILES string of the molecule is CCCOCCOC(=O)c1cc(S(=O)(=O)Cl)c(C)cc1C. The molecule has 1 aromatic carbocycles. The summed E-state index contributed by atoms with van der Waals surface area (Å²) in [5.74, 6) is -0.589. The molecule has 1 rings (SSSR count). The van der Waals surface area contributed by atoms with Crippen LogP contribution in [-0.2, 0) is 18.5 Å². The molecule has 0 spiro atoms. The standard InChI is InChI=1S/C14H19ClO5S/c1-4-5-19-6-7-20-14(16)12-9-13(21(15,17)18)11(3)8-10(12)2/h8-9H,4-7H2,1-3H3. The lowest BCUT2D eigenvalue weighted by Gasteiger charge is -2.10. The third-order valence-electron chi connectivity index (χ3n) is 2.81. The number of hydrogen-bond acceptors (Lipinski definition) is 5. The molecule has 7 heteroatoms. The van der Waals surface area contributed by atoms with Crippen LogP contribution in [0.25, 0.3) is 0 Å². The van der Waals surface area contributed by atoms with E-state index in [1.807, 2.05) is 6.92 Å². The molecule has 0 unspecified atom stereocenters. The highest BCUT2D eigenvalue weighted by Gasteiger charge is 2.19. The molecule has 1 aromatic rings. The van der Waals surface area contributed by atoms with E-state index in [0.29, 0.717) is 24.3 Å². The van der Waals surface area contributed by atoms with E-state index in [4.69, 9.17) is 20.2 Å². The molecule has 0 fully saturated rings. The van der Waals surface area contributed by atoms with Crippen LogP contribution in [0.3, 0.4) is 0 Å². The molecule has 0 aliphatic rings. The van der Waals surface area contributed by atoms with Crippen LogP contribution in [-0.4, -0.2) is 34.2 Å². The Balaban J connectivity index is 2.85. The number of benzene rings is 1. The second-order valence-corrected chi connectivity index (χ2v) is 7.15. The minimum Gasteiger partial charge on any atom is -0.460 e. The molecule has 0 aliphatic carbocycles. The summed E-state index contributed by atoms with van der Waals surface area (Å²) in [6, 6.07) is 2.85. The van der Waals surface area contributed by atoms with Gasteiger partial charge in [0.2, 0.25) is 0 Å². The lowest BCUT2D eigenvalue weighted by molar-refractivity contribution is 0.0317. The van der Waals surface area contributed by atoms with Crippen LogP contribution in [0, 0.1) is 13.8 Å². The highest BCUT2D eigenvalue weighted by atomic mass is 35.7. The van der Waals surface area contributed by atoms with Crippen molar-refractivity contribution in [2.45, 2.75) is 32.1 Å². The zero-order valence-electron chi connectivity index (χ0n) is 12.3. The van der Waals surface area contributed by atoms with Crippen molar-refractivity contribution >= 4 is 25.7 Å². The molecule has 0 saturated carbocycles. The molecule has 0 N–H and O–H groups in total. The molecule has 0 aliphatic heterocycles. The molecule has 0 amide bonds. The van der Waals surface area contributed by atoms with Crippen molar-refractivity contribution in [1.82, 2.24) is 0 Å². The van der Waals surface area contributed by atoms with Crippen LogP contribution in [0.15, 0.2) is 17.0 Å². The van der Waals surface area contributed by atoms with Gasteiger partial charge in [-0.15, -0.1) is 0 Å². The van der Waals surface area contributed by atoms with Gasteiger partial charge in [0, 0.05) is 17.3 Å². The summed E-state index contributed by atoms with van der Waals surface area (Å²) in [7, 11) is 1.46. The summed E-state index contributed by atoms with van der Waals surface area (Å²) >= 11 is 0. The number of aryl methyl sites for hydroxylation is 2. The molecular weight excluding hydrogens is 316 g/mol. The van der Waals surface area contributed by atoms with Gasteiger partial charge >= 0.3 is 5.97 Å². The van der Waals surface area contributed by atoms with Crippen LogP contribution in [0.1, 0.15) is 34.8 Å². The van der Waals surface area contributed by atoms with Crippen molar-refractivity contribution in [1.29, 1.82) is 0 Å². The number of rotatable bonds is 7. The fourth-order valence-electron chi connectivity index (χ4n) is 1.83. The highest BCUT2D eigenvalue weighted by molar-refractivity contribution is 8.13. The average Bonchev–Trinajstić information content (AvgIpc) is 2.36. The zero-order valence-corrected chi connectivity index (χ0v) is 13.9. The van der Waals surface area contributed by atoms with Crippen molar-refractivity contribution in [2.24, 2.45) is 0 Å². The van der Waals surface area contributed by atoms with Gasteiger partial charge in [-0.1, -0.05) is 13.0 Å². The van der Waals surface area contributed by atoms with Crippen molar-refractivity contribution in [3.63, 3.8) is 0 Å². The number of ether oxygens (including phenoxy) is 2. The van der Waals surface area contributed by atoms with Gasteiger partial charge in [0.25, 0.3) is 9.05 Å². The first-order valence-corrected chi connectivity index (χ1v) is 8.89. The smallest absolute Gasteiger partial charge is 0.338 e. The Bertz CT molecular complexity index is 610. The summed E-state index contributed by atoms with van der Waals surface area (Å²) in [5, 5.41) is 0. The Morgan fingerprint density at radius 3 is 2.38 bits per heavy atom. The maximum Gasteiger partial charge on any atom is 0.338 e. The molecule has 0 atom stereocenters. The van der Waals surface area contributed by atoms with Gasteiger partial charge in [-0.3, -0.25) is 0 Å². The van der Waals surface area contributed by atoms with E-state index in [9.17, 15) is 13.2 Å². The van der Waals surface area contributed by atoms with Gasteiger partial charge in [0.1, 0.15) is 6.61 Å². The molecule has 0 saturated heterocycles. The molecule has 0 heterocycles. The van der Waals surface area contributed by atoms with E-state index >= 15 is 0 Å². The Hall–Kier alpha value is -1.11. The molecule has 118 valence electrons. The molecule has 0 radical (unpaired) electrons. The van der Waals surface area contributed by atoms with Crippen LogP contribution < -0.4 is 0 Å². The van der Waals surface area contributed by atoms with Gasteiger partial charge in [-0.2, -0.15) is 0 Å². The summed E-state index contributed by atoms with van der Waals surface area (Å²) in [6.45, 7) is 6.35. The number of halogens is 1. The molecule has 0 aromatic heterocycles. The summed E-state index contributed by atoms with van der Waals surface area (Å²) in [4.78, 5) is 11.9. The lowest BCUT2D eigenvalue weighted by Crippen LogP contribution is -2.13. The predicted octanol–water partition coefficient (Wildman–Crippen LogP) is 2.81. The first kappa shape index (κ1) is 17.9. The van der Waals surface area contributed by atoms with E-state index < -0.39 is 15.0 Å².